The van der Waals surface area contributed by atoms with Gasteiger partial charge >= 0.3 is 0 Å². The third-order valence-electron chi connectivity index (χ3n) is 9.37. The molecule has 4 atom stereocenters. The molecule has 6 nitrogen and oxygen atoms in total. The van der Waals surface area contributed by atoms with Crippen LogP contribution in [0.4, 0.5) is 4.39 Å². The molecule has 7 rings (SSSR count). The largest absolute Gasteiger partial charge is 0.508 e. The summed E-state index contributed by atoms with van der Waals surface area (Å²) in [6, 6.07) is 17.5. The molecule has 0 amide bonds. The first-order valence-electron chi connectivity index (χ1n) is 14.2. The standard InChI is InChI=1S/C33H35FN2O4/c1-20-26(9-4-10-29(20)34)31-27(32(39)22-5-2-7-24(37)16-22)18-36(30-15-21-11-13-35(30)14-12-21)19-28(31)33(40)23-6-3-8-25(38)17-23/h2-10,16-17,21,27-28,30-31,37-38H,11-15,18-19H2,1H3/t27-,28+,30-,31+/m1/s1. The van der Waals surface area contributed by atoms with Gasteiger partial charge in [0.1, 0.15) is 17.3 Å². The first-order valence-corrected chi connectivity index (χ1v) is 14.2. The van der Waals surface area contributed by atoms with Gasteiger partial charge in [-0.2, -0.15) is 0 Å². The summed E-state index contributed by atoms with van der Waals surface area (Å²) >= 11 is 0. The van der Waals surface area contributed by atoms with Crippen LogP contribution in [0.3, 0.4) is 0 Å². The van der Waals surface area contributed by atoms with Crippen LogP contribution < -0.4 is 0 Å². The average molecular weight is 543 g/mol. The van der Waals surface area contributed by atoms with Crippen molar-refractivity contribution in [1.29, 1.82) is 0 Å². The lowest BCUT2D eigenvalue weighted by molar-refractivity contribution is -0.0665. The van der Waals surface area contributed by atoms with Crippen molar-refractivity contribution in [3.63, 3.8) is 0 Å². The second-order valence-corrected chi connectivity index (χ2v) is 11.7. The van der Waals surface area contributed by atoms with Crippen LogP contribution in [-0.4, -0.2) is 63.9 Å². The summed E-state index contributed by atoms with van der Waals surface area (Å²) in [6.45, 7) is 4.59. The van der Waals surface area contributed by atoms with Gasteiger partial charge in [-0.1, -0.05) is 36.4 Å². The van der Waals surface area contributed by atoms with E-state index in [1.807, 2.05) is 6.07 Å². The zero-order valence-corrected chi connectivity index (χ0v) is 22.7. The molecule has 3 aromatic rings. The lowest BCUT2D eigenvalue weighted by atomic mass is 9.67. The van der Waals surface area contributed by atoms with Crippen molar-refractivity contribution in [2.75, 3.05) is 26.2 Å². The molecule has 4 aliphatic rings. The van der Waals surface area contributed by atoms with E-state index in [-0.39, 0.29) is 35.0 Å². The third-order valence-corrected chi connectivity index (χ3v) is 9.37. The molecule has 40 heavy (non-hydrogen) atoms. The summed E-state index contributed by atoms with van der Waals surface area (Å²) in [4.78, 5) is 33.3. The van der Waals surface area contributed by atoms with Crippen LogP contribution in [0.2, 0.25) is 0 Å². The molecular formula is C33H35FN2O4. The molecule has 0 aliphatic carbocycles. The molecule has 0 spiro atoms. The number of carbonyl (C=O) groups excluding carboxylic acids is 2. The van der Waals surface area contributed by atoms with Crippen LogP contribution in [-0.2, 0) is 0 Å². The van der Waals surface area contributed by atoms with E-state index in [9.17, 15) is 24.2 Å². The zero-order valence-electron chi connectivity index (χ0n) is 22.7. The fourth-order valence-electron chi connectivity index (χ4n) is 7.30. The smallest absolute Gasteiger partial charge is 0.167 e. The number of hydrogen-bond acceptors (Lipinski definition) is 6. The Morgan fingerprint density at radius 3 is 1.85 bits per heavy atom. The van der Waals surface area contributed by atoms with Crippen LogP contribution in [0.5, 0.6) is 11.5 Å². The van der Waals surface area contributed by atoms with Gasteiger partial charge in [-0.3, -0.25) is 19.4 Å². The monoisotopic (exact) mass is 542 g/mol. The molecule has 4 fully saturated rings. The fraction of sp³-hybridized carbons (Fsp3) is 0.394. The molecule has 0 saturated carbocycles. The Bertz CT molecular complexity index is 1370. The predicted molar refractivity (Wildman–Crippen MR) is 150 cm³/mol. The zero-order chi connectivity index (χ0) is 28.0. The molecule has 0 aromatic heterocycles. The van der Waals surface area contributed by atoms with Crippen molar-refractivity contribution in [2.45, 2.75) is 38.3 Å². The van der Waals surface area contributed by atoms with E-state index in [1.165, 1.54) is 43.2 Å². The van der Waals surface area contributed by atoms with Gasteiger partial charge in [-0.15, -0.1) is 0 Å². The number of ketones is 2. The molecule has 7 heteroatoms. The molecule has 4 heterocycles. The van der Waals surface area contributed by atoms with Gasteiger partial charge in [0.15, 0.2) is 11.6 Å². The molecule has 4 saturated heterocycles. The Kier molecular flexibility index (Phi) is 7.19. The summed E-state index contributed by atoms with van der Waals surface area (Å²) in [5, 5.41) is 20.3. The van der Waals surface area contributed by atoms with E-state index in [0.717, 1.165) is 19.5 Å². The lowest BCUT2D eigenvalue weighted by Gasteiger charge is -2.54. The quantitative estimate of drug-likeness (QED) is 0.407. The average Bonchev–Trinajstić information content (AvgIpc) is 2.98. The predicted octanol–water partition coefficient (Wildman–Crippen LogP) is 5.38. The number of piperidine rings is 4. The second-order valence-electron chi connectivity index (χ2n) is 11.7. The lowest BCUT2D eigenvalue weighted by Crippen LogP contribution is -2.62. The number of carbonyl (C=O) groups is 2. The van der Waals surface area contributed by atoms with Gasteiger partial charge in [-0.05, 0) is 86.7 Å². The van der Waals surface area contributed by atoms with E-state index in [2.05, 4.69) is 9.80 Å². The summed E-state index contributed by atoms with van der Waals surface area (Å²) < 4.78 is 15.0. The second kappa shape index (κ2) is 10.8. The highest BCUT2D eigenvalue weighted by atomic mass is 19.1. The van der Waals surface area contributed by atoms with Gasteiger partial charge in [-0.25, -0.2) is 4.39 Å². The van der Waals surface area contributed by atoms with Crippen molar-refractivity contribution in [3.05, 3.63) is 94.8 Å². The van der Waals surface area contributed by atoms with E-state index >= 15 is 0 Å². The van der Waals surface area contributed by atoms with Gasteiger partial charge in [0.25, 0.3) is 0 Å². The van der Waals surface area contributed by atoms with Crippen LogP contribution in [0.1, 0.15) is 57.0 Å². The number of phenolic OH excluding ortho intramolecular Hbond substituents is 2. The maximum Gasteiger partial charge on any atom is 0.167 e. The van der Waals surface area contributed by atoms with Gasteiger partial charge in [0.2, 0.25) is 0 Å². The van der Waals surface area contributed by atoms with Crippen molar-refractivity contribution in [3.8, 4) is 11.5 Å². The third kappa shape index (κ3) is 4.93. The summed E-state index contributed by atoms with van der Waals surface area (Å²) in [6.07, 6.45) is 3.49. The Hall–Kier alpha value is -3.55. The fourth-order valence-corrected chi connectivity index (χ4v) is 7.30. The minimum absolute atomic E-state index is 0.0000836. The van der Waals surface area contributed by atoms with Crippen LogP contribution in [0.15, 0.2) is 66.7 Å². The molecule has 3 aromatic carbocycles. The highest BCUT2D eigenvalue weighted by Gasteiger charge is 2.49. The Morgan fingerprint density at radius 2 is 1.35 bits per heavy atom. The van der Waals surface area contributed by atoms with Crippen LogP contribution >= 0.6 is 0 Å². The summed E-state index contributed by atoms with van der Waals surface area (Å²) in [5.74, 6) is -1.92. The number of halogens is 1. The maximum absolute atomic E-state index is 15.0. The minimum atomic E-state index is -0.635. The number of phenols is 2. The Labute approximate surface area is 234 Å². The van der Waals surface area contributed by atoms with Crippen LogP contribution in [0.25, 0.3) is 0 Å². The number of aromatic hydroxyl groups is 2. The van der Waals surface area contributed by atoms with Gasteiger partial charge < -0.3 is 10.2 Å². The van der Waals surface area contributed by atoms with Gasteiger partial charge in [0, 0.05) is 42.0 Å². The van der Waals surface area contributed by atoms with Crippen molar-refractivity contribution in [1.82, 2.24) is 9.80 Å². The first kappa shape index (κ1) is 26.7. The normalized spacial score (nSPS) is 28.4. The van der Waals surface area contributed by atoms with E-state index < -0.39 is 17.8 Å². The molecule has 208 valence electrons. The molecule has 0 unspecified atom stereocenters. The number of nitrogens with zero attached hydrogens (tertiary/aromatic N) is 2. The Balaban J connectivity index is 1.48. The number of likely N-dealkylation sites (tertiary alicyclic amines) is 1. The number of hydrogen-bond donors (Lipinski definition) is 2. The van der Waals surface area contributed by atoms with Crippen LogP contribution in [0, 0.1) is 30.5 Å². The minimum Gasteiger partial charge on any atom is -0.508 e. The molecule has 2 bridgehead atoms. The van der Waals surface area contributed by atoms with E-state index in [0.29, 0.717) is 41.3 Å². The number of Topliss-reactive ketones (excluding diaryl/α,β-unsaturated/α-hetero) is 2. The van der Waals surface area contributed by atoms with Crippen molar-refractivity contribution < 1.29 is 24.2 Å². The SMILES string of the molecule is Cc1c(F)cccc1[C@@H]1[C@@H](C(=O)c2cccc(O)c2)CN([C@@H]2CC3CCN2CC3)C[C@H]1C(=O)c1cccc(O)c1. The molecule has 4 aliphatic heterocycles. The molecule has 0 radical (unpaired) electrons. The van der Waals surface area contributed by atoms with E-state index in [4.69, 9.17) is 0 Å². The summed E-state index contributed by atoms with van der Waals surface area (Å²) in [5.41, 5.74) is 1.84. The molecular weight excluding hydrogens is 507 g/mol. The van der Waals surface area contributed by atoms with Crippen molar-refractivity contribution in [2.24, 2.45) is 17.8 Å². The van der Waals surface area contributed by atoms with Crippen molar-refractivity contribution >= 4 is 11.6 Å². The molecule has 2 N–H and O–H groups in total. The first-order chi connectivity index (χ1) is 19.3. The Morgan fingerprint density at radius 1 is 0.800 bits per heavy atom. The summed E-state index contributed by atoms with van der Waals surface area (Å²) in [7, 11) is 0. The topological polar surface area (TPSA) is 81.1 Å². The highest BCUT2D eigenvalue weighted by Crippen LogP contribution is 2.45. The maximum atomic E-state index is 15.0. The number of benzene rings is 3. The number of rotatable bonds is 6. The number of fused-ring (bicyclic) bond motifs is 3. The van der Waals surface area contributed by atoms with Gasteiger partial charge in [0.05, 0.1) is 6.17 Å². The highest BCUT2D eigenvalue weighted by molar-refractivity contribution is 6.02. The van der Waals surface area contributed by atoms with E-state index in [1.54, 1.807) is 37.3 Å².